The highest BCUT2D eigenvalue weighted by atomic mass is 32.2. The largest absolute Gasteiger partial charge is 0.394 e. The van der Waals surface area contributed by atoms with Crippen molar-refractivity contribution in [1.82, 2.24) is 101 Å². The maximum absolute atomic E-state index is 12.8. The molecule has 15 heterocycles. The Hall–Kier alpha value is -12.7. The first kappa shape index (κ1) is 92.0. The molecule has 5 aromatic heterocycles. The summed E-state index contributed by atoms with van der Waals surface area (Å²) in [4.78, 5) is 217. The third kappa shape index (κ3) is 24.7. The number of imide groups is 5. The number of nitrogens with one attached hydrogen (secondary N) is 5. The van der Waals surface area contributed by atoms with Crippen molar-refractivity contribution in [3.8, 4) is 0 Å². The molecule has 0 spiro atoms. The molecular weight excluding hydrogens is 1730 g/mol. The normalized spacial score (nSPS) is 21.5. The quantitative estimate of drug-likeness (QED) is 0.0544. The predicted molar refractivity (Wildman–Crippen MR) is 483 cm³/mol. The highest BCUT2D eigenvalue weighted by Crippen LogP contribution is 2.33. The molecule has 17 rings (SSSR count). The second kappa shape index (κ2) is 43.0. The third-order valence-electron chi connectivity index (χ3n) is 21.0. The van der Waals surface area contributed by atoms with E-state index in [0.29, 0.717) is 148 Å². The van der Waals surface area contributed by atoms with Crippen LogP contribution in [0.3, 0.4) is 0 Å². The Labute approximate surface area is 750 Å². The molecule has 0 aliphatic carbocycles. The molecule has 0 radical (unpaired) electrons. The maximum atomic E-state index is 12.8. The number of benzene rings is 2. The van der Waals surface area contributed by atoms with Crippen LogP contribution in [0.25, 0.3) is 30.4 Å². The van der Waals surface area contributed by atoms with E-state index in [-0.39, 0.29) is 74.6 Å². The van der Waals surface area contributed by atoms with Crippen molar-refractivity contribution >= 4 is 192 Å². The van der Waals surface area contributed by atoms with Gasteiger partial charge in [0.1, 0.15) is 6.54 Å². The molecule has 10 saturated heterocycles. The number of thioether (sulfide) groups is 5. The minimum atomic E-state index is -0.463. The van der Waals surface area contributed by atoms with Crippen molar-refractivity contribution in [1.29, 1.82) is 0 Å². The van der Waals surface area contributed by atoms with Gasteiger partial charge in [-0.05, 0) is 191 Å². The van der Waals surface area contributed by atoms with Crippen LogP contribution in [0, 0.1) is 0 Å². The average molecular weight is 1820 g/mol. The van der Waals surface area contributed by atoms with E-state index < -0.39 is 29.0 Å². The number of carbonyl (C=O) groups excluding carboxylic acids is 13. The van der Waals surface area contributed by atoms with Gasteiger partial charge in [-0.25, -0.2) is 49.8 Å². The number of anilines is 5. The second-order valence-corrected chi connectivity index (χ2v) is 35.0. The zero-order valence-electron chi connectivity index (χ0n) is 69.7. The summed E-state index contributed by atoms with van der Waals surface area (Å²) in [5.41, 5.74) is 4.50. The number of hydrogen-bond acceptors (Lipinski definition) is 36. The smallest absolute Gasteiger partial charge is 0.290 e. The number of amides is 13. The molecule has 39 nitrogen and oxygen atoms in total. The van der Waals surface area contributed by atoms with Gasteiger partial charge in [0.2, 0.25) is 41.6 Å². The van der Waals surface area contributed by atoms with Gasteiger partial charge in [0.25, 0.3) is 61.6 Å². The molecule has 4 atom stereocenters. The Morgan fingerprint density at radius 3 is 1.21 bits per heavy atom. The Morgan fingerprint density at radius 1 is 0.449 bits per heavy atom. The van der Waals surface area contributed by atoms with Crippen molar-refractivity contribution < 1.29 is 67.4 Å². The monoisotopic (exact) mass is 1820 g/mol. The molecule has 13 amide bonds. The minimum Gasteiger partial charge on any atom is -0.394 e. The molecule has 2 aromatic carbocycles. The Morgan fingerprint density at radius 2 is 0.835 bits per heavy atom. The van der Waals surface area contributed by atoms with Gasteiger partial charge in [-0.3, -0.25) is 88.9 Å². The first-order valence-electron chi connectivity index (χ1n) is 40.2. The summed E-state index contributed by atoms with van der Waals surface area (Å²) in [5, 5.41) is 19.1. The van der Waals surface area contributed by atoms with Gasteiger partial charge >= 0.3 is 0 Å². The van der Waals surface area contributed by atoms with Crippen LogP contribution in [-0.2, 0) is 40.1 Å². The number of nitrogens with zero attached hydrogens (tertiary/aromatic N) is 20. The number of aliphatic hydroxyl groups excluding tert-OH is 1. The van der Waals surface area contributed by atoms with Crippen LogP contribution in [0.15, 0.2) is 147 Å². The molecule has 7 aromatic rings. The lowest BCUT2D eigenvalue weighted by Crippen LogP contribution is -2.57. The lowest BCUT2D eigenvalue weighted by atomic mass is 10.1. The van der Waals surface area contributed by atoms with Crippen molar-refractivity contribution in [2.24, 2.45) is 0 Å². The molecule has 127 heavy (non-hydrogen) atoms. The fourth-order valence-electron chi connectivity index (χ4n) is 14.5. The van der Waals surface area contributed by atoms with Gasteiger partial charge < -0.3 is 54.1 Å². The van der Waals surface area contributed by atoms with E-state index in [9.17, 15) is 67.4 Å². The second-order valence-electron chi connectivity index (χ2n) is 29.9. The van der Waals surface area contributed by atoms with Gasteiger partial charge in [0.15, 0.2) is 0 Å². The molecule has 10 aliphatic heterocycles. The standard InChI is InChI=1S/C20H19N5O4S.C19H17N5O3S.C16H19N5O3S.2C14H17N5O2S/c26-12-15-10-24(11-17(27)25(15)9-13-4-2-1-3-5-13)19-21-7-6-14(22-19)8-16-18(28)23-20(29)30-16;25-16-15(28-19(27)22-16)12-14-6-7-20-18(21-14)24-10-8-23(9-11-24)17(26)13-4-2-1-3-5-13;1-3-21(10(2)22)12-5-7-20(9-12)15-17-6-4-11(18-15)8-13-14(23)19-16(24)25-13;1-18-6-4-10(8-18)19(2)13-15-5-3-9(16-13)7-11-12(20)17-14(21)22-11;1-18(2)10-4-6-19(8-10)13-15-5-3-9(16-13)7-11-12(20)17-14(21)22-11/h1-8,15,26H,9-12H2,(H,23,28,29);1-7,12H,8-11H2,(H,22,25,27);4,6,8,12H,3,5,7,9H2,1-2H3,(H,19,23,24);2*3,5,7,10H,4,6,8H2,1-2H3,(H,17,20,21)/b16-8-;15-12-;13-8-;2*11-7-/t15-;;;;/m1..../s1. The molecule has 44 heteroatoms. The van der Waals surface area contributed by atoms with E-state index in [1.165, 1.54) is 12.3 Å². The van der Waals surface area contributed by atoms with E-state index >= 15 is 0 Å². The highest BCUT2D eigenvalue weighted by Gasteiger charge is 2.37. The number of carbonyl (C=O) groups is 13. The predicted octanol–water partition coefficient (Wildman–Crippen LogP) is 5.90. The summed E-state index contributed by atoms with van der Waals surface area (Å²) in [7, 11) is 8.23. The Balaban J connectivity index is 0.000000137. The molecule has 660 valence electrons. The van der Waals surface area contributed by atoms with Crippen LogP contribution in [0.1, 0.15) is 77.5 Å². The molecule has 0 saturated carbocycles. The van der Waals surface area contributed by atoms with E-state index in [4.69, 9.17) is 0 Å². The number of piperazine rings is 2. The maximum Gasteiger partial charge on any atom is 0.290 e. The first-order chi connectivity index (χ1) is 61.1. The Kier molecular flexibility index (Phi) is 31.1. The number of aliphatic hydroxyl groups is 1. The van der Waals surface area contributed by atoms with Crippen LogP contribution in [0.4, 0.5) is 53.7 Å². The molecular formula is C83H89N25O14S5. The summed E-state index contributed by atoms with van der Waals surface area (Å²) in [6, 6.07) is 27.9. The molecule has 3 unspecified atom stereocenters. The Bertz CT molecular complexity index is 5550. The van der Waals surface area contributed by atoms with Crippen LogP contribution >= 0.6 is 58.8 Å². The third-order valence-corrected chi connectivity index (χ3v) is 25.1. The van der Waals surface area contributed by atoms with Crippen molar-refractivity contribution in [2.75, 3.05) is 144 Å². The lowest BCUT2D eigenvalue weighted by Gasteiger charge is -2.40. The van der Waals surface area contributed by atoms with Crippen molar-refractivity contribution in [3.05, 3.63) is 186 Å². The van der Waals surface area contributed by atoms with Crippen molar-refractivity contribution in [2.45, 2.75) is 63.8 Å². The van der Waals surface area contributed by atoms with Gasteiger partial charge in [0, 0.05) is 141 Å². The number of rotatable bonds is 18. The van der Waals surface area contributed by atoms with E-state index in [1.54, 1.807) is 96.1 Å². The van der Waals surface area contributed by atoms with Crippen LogP contribution < -0.4 is 51.1 Å². The van der Waals surface area contributed by atoms with Gasteiger partial charge in [-0.1, -0.05) is 48.5 Å². The topological polar surface area (TPSA) is 464 Å². The molecule has 10 fully saturated rings. The van der Waals surface area contributed by atoms with Crippen LogP contribution in [-0.4, -0.2) is 297 Å². The van der Waals surface area contributed by atoms with E-state index in [2.05, 4.69) is 117 Å². The van der Waals surface area contributed by atoms with E-state index in [0.717, 1.165) is 116 Å². The van der Waals surface area contributed by atoms with Gasteiger partial charge in [0.05, 0.1) is 71.7 Å². The van der Waals surface area contributed by atoms with Crippen LogP contribution in [0.2, 0.25) is 0 Å². The summed E-state index contributed by atoms with van der Waals surface area (Å²) >= 11 is 4.31. The highest BCUT2D eigenvalue weighted by molar-refractivity contribution is 8.19. The summed E-state index contributed by atoms with van der Waals surface area (Å²) < 4.78 is 0. The van der Waals surface area contributed by atoms with Gasteiger partial charge in [-0.15, -0.1) is 0 Å². The number of hydrogen-bond donors (Lipinski definition) is 6. The van der Waals surface area contributed by atoms with E-state index in [1.807, 2.05) is 94.2 Å². The summed E-state index contributed by atoms with van der Waals surface area (Å²) in [6.45, 7) is 12.6. The minimum absolute atomic E-state index is 0.0218. The summed E-state index contributed by atoms with van der Waals surface area (Å²) in [6.07, 6.45) is 19.1. The SMILES string of the molecule is CCN(C(C)=O)C1CCN(c2nccc(/C=C3\SC(=O)NC3=O)n2)C1.CN(C)C1CCN(c2nccc(/C=C3\SC(=O)NC3=O)n2)C1.CN1CCC(N(C)c2nccc(/C=C3\SC(=O)NC3=O)n2)C1.O=C1NC(=O)/C(=C/c2ccnc(N3CC(=O)N(Cc4ccccc4)[C@@H](CO)C3)n2)S1.O=C1NC(=O)/C(=C/c2ccnc(N3CCN(C(=O)c4ccccc4)CC3)n2)S1. The van der Waals surface area contributed by atoms with Crippen molar-refractivity contribution in [3.63, 3.8) is 0 Å². The van der Waals surface area contributed by atoms with Crippen LogP contribution in [0.5, 0.6) is 0 Å². The fraction of sp³-hybridized carbons (Fsp3) is 0.337. The fourth-order valence-corrected chi connectivity index (χ4v) is 17.8. The molecule has 0 bridgehead atoms. The molecule has 6 N–H and O–H groups in total. The first-order valence-corrected chi connectivity index (χ1v) is 44.3. The zero-order chi connectivity index (χ0) is 90.0. The number of likely N-dealkylation sites (N-methyl/N-ethyl adjacent to an activating group) is 4. The summed E-state index contributed by atoms with van der Waals surface area (Å²) in [5.74, 6) is 0.647. The zero-order valence-corrected chi connectivity index (χ0v) is 73.8. The number of likely N-dealkylation sites (tertiary alicyclic amines) is 1. The molecule has 10 aliphatic rings. The lowest BCUT2D eigenvalue weighted by molar-refractivity contribution is -0.135. The number of aromatic nitrogens is 10. The van der Waals surface area contributed by atoms with Gasteiger partial charge in [-0.2, -0.15) is 0 Å². The average Bonchev–Trinajstić information content (AvgIpc) is 1.52.